The molecule has 0 unspecified atom stereocenters. The topological polar surface area (TPSA) is 56.5 Å². The maximum absolute atomic E-state index is 11.0. The molecule has 0 aliphatic carbocycles. The molecule has 2 rings (SSSR count). The van der Waals surface area contributed by atoms with Gasteiger partial charge in [0.15, 0.2) is 0 Å². The molecular weight excluding hydrogens is 240 g/mol. The van der Waals surface area contributed by atoms with Gasteiger partial charge in [-0.1, -0.05) is 0 Å². The van der Waals surface area contributed by atoms with Crippen molar-refractivity contribution in [2.75, 3.05) is 7.11 Å². The van der Waals surface area contributed by atoms with E-state index >= 15 is 0 Å². The molecule has 0 N–H and O–H groups in total. The van der Waals surface area contributed by atoms with E-state index in [1.807, 2.05) is 0 Å². The van der Waals surface area contributed by atoms with E-state index in [2.05, 4.69) is 0 Å². The third-order valence-corrected chi connectivity index (χ3v) is 3.08. The Morgan fingerprint density at radius 3 is 2.67 bits per heavy atom. The summed E-state index contributed by atoms with van der Waals surface area (Å²) in [5.74, 6) is 0.593. The van der Waals surface area contributed by atoms with Crippen LogP contribution in [0.3, 0.4) is 0 Å². The van der Waals surface area contributed by atoms with Gasteiger partial charge in [0.1, 0.15) is 11.3 Å². The molecule has 4 nitrogen and oxygen atoms in total. The number of methoxy groups -OCH3 is 1. The summed E-state index contributed by atoms with van der Waals surface area (Å²) in [5.41, 5.74) is 0.425. The molecule has 0 saturated carbocycles. The molecule has 1 heterocycles. The van der Waals surface area contributed by atoms with Gasteiger partial charge in [0.25, 0.3) is 9.05 Å². The monoisotopic (exact) mass is 246 g/mol. The van der Waals surface area contributed by atoms with Crippen LogP contribution in [0, 0.1) is 0 Å². The second-order valence-corrected chi connectivity index (χ2v) is 5.40. The average molecular weight is 247 g/mol. The Kier molecular flexibility index (Phi) is 2.36. The first-order valence-electron chi connectivity index (χ1n) is 4.03. The highest BCUT2D eigenvalue weighted by molar-refractivity contribution is 8.13. The van der Waals surface area contributed by atoms with Crippen LogP contribution in [0.15, 0.2) is 33.8 Å². The first-order chi connectivity index (χ1) is 7.00. The molecule has 15 heavy (non-hydrogen) atoms. The fourth-order valence-electron chi connectivity index (χ4n) is 1.23. The minimum atomic E-state index is -3.82. The van der Waals surface area contributed by atoms with Gasteiger partial charge in [-0.3, -0.25) is 0 Å². The molecule has 0 aliphatic heterocycles. The minimum absolute atomic E-state index is 0.257. The highest BCUT2D eigenvalue weighted by atomic mass is 35.7. The third kappa shape index (κ3) is 1.93. The van der Waals surface area contributed by atoms with Crippen molar-refractivity contribution in [3.8, 4) is 5.75 Å². The quantitative estimate of drug-likeness (QED) is 0.764. The molecule has 0 aliphatic rings. The summed E-state index contributed by atoms with van der Waals surface area (Å²) in [4.78, 5) is 0. The molecule has 0 fully saturated rings. The van der Waals surface area contributed by atoms with E-state index < -0.39 is 9.05 Å². The lowest BCUT2D eigenvalue weighted by atomic mass is 10.2. The maximum atomic E-state index is 11.0. The third-order valence-electron chi connectivity index (χ3n) is 1.94. The van der Waals surface area contributed by atoms with E-state index in [0.29, 0.717) is 16.7 Å². The summed E-state index contributed by atoms with van der Waals surface area (Å²) in [7, 11) is 2.85. The first-order valence-corrected chi connectivity index (χ1v) is 6.34. The second-order valence-electron chi connectivity index (χ2n) is 2.91. The van der Waals surface area contributed by atoms with Gasteiger partial charge >= 0.3 is 0 Å². The van der Waals surface area contributed by atoms with Crippen molar-refractivity contribution in [2.45, 2.75) is 5.09 Å². The van der Waals surface area contributed by atoms with E-state index in [4.69, 9.17) is 19.8 Å². The zero-order valence-electron chi connectivity index (χ0n) is 7.73. The standard InChI is InChI=1S/C9H7ClO4S/c1-13-7-3-2-6-4-9(15(10,11)12)14-8(6)5-7/h2-5H,1H3. The summed E-state index contributed by atoms with van der Waals surface area (Å²) in [6.07, 6.45) is 0. The SMILES string of the molecule is COc1ccc2cc(S(=O)(=O)Cl)oc2c1. The van der Waals surface area contributed by atoms with E-state index in [1.165, 1.54) is 13.2 Å². The van der Waals surface area contributed by atoms with E-state index in [9.17, 15) is 8.42 Å². The lowest BCUT2D eigenvalue weighted by Gasteiger charge is -1.96. The molecule has 0 bridgehead atoms. The van der Waals surface area contributed by atoms with Gasteiger partial charge in [-0.05, 0) is 12.1 Å². The number of furan rings is 1. The summed E-state index contributed by atoms with van der Waals surface area (Å²) >= 11 is 0. The Bertz CT molecular complexity index is 600. The molecule has 0 spiro atoms. The van der Waals surface area contributed by atoms with Gasteiger partial charge < -0.3 is 9.15 Å². The van der Waals surface area contributed by atoms with Gasteiger partial charge in [0, 0.05) is 28.2 Å². The zero-order chi connectivity index (χ0) is 11.1. The summed E-state index contributed by atoms with van der Waals surface area (Å²) in [6, 6.07) is 6.38. The minimum Gasteiger partial charge on any atom is -0.497 e. The van der Waals surface area contributed by atoms with Crippen molar-refractivity contribution in [1.82, 2.24) is 0 Å². The molecule has 0 saturated heterocycles. The van der Waals surface area contributed by atoms with E-state index in [1.54, 1.807) is 18.2 Å². The highest BCUT2D eigenvalue weighted by Crippen LogP contribution is 2.27. The Balaban J connectivity index is 2.66. The number of rotatable bonds is 2. The van der Waals surface area contributed by atoms with Crippen molar-refractivity contribution in [3.63, 3.8) is 0 Å². The summed E-state index contributed by atoms with van der Waals surface area (Å²) < 4.78 is 32.0. The van der Waals surface area contributed by atoms with Crippen LogP contribution in [0.2, 0.25) is 0 Å². The van der Waals surface area contributed by atoms with Crippen LogP contribution in [-0.2, 0) is 9.05 Å². The number of fused-ring (bicyclic) bond motifs is 1. The van der Waals surface area contributed by atoms with Crippen molar-refractivity contribution in [2.24, 2.45) is 0 Å². The van der Waals surface area contributed by atoms with Crippen molar-refractivity contribution in [3.05, 3.63) is 24.3 Å². The van der Waals surface area contributed by atoms with Gasteiger partial charge in [-0.15, -0.1) is 0 Å². The fraction of sp³-hybridized carbons (Fsp3) is 0.111. The van der Waals surface area contributed by atoms with Crippen LogP contribution < -0.4 is 4.74 Å². The van der Waals surface area contributed by atoms with Gasteiger partial charge in [-0.2, -0.15) is 0 Å². The number of ether oxygens (including phenoxy) is 1. The summed E-state index contributed by atoms with van der Waals surface area (Å²) in [6.45, 7) is 0. The van der Waals surface area contributed by atoms with Gasteiger partial charge in [0.2, 0.25) is 5.09 Å². The van der Waals surface area contributed by atoms with Crippen molar-refractivity contribution >= 4 is 30.7 Å². The molecule has 0 radical (unpaired) electrons. The fourth-order valence-corrected chi connectivity index (χ4v) is 1.92. The van der Waals surface area contributed by atoms with Crippen LogP contribution in [0.5, 0.6) is 5.75 Å². The Labute approximate surface area is 90.8 Å². The van der Waals surface area contributed by atoms with Crippen LogP contribution in [-0.4, -0.2) is 15.5 Å². The van der Waals surface area contributed by atoms with Crippen LogP contribution in [0.25, 0.3) is 11.0 Å². The van der Waals surface area contributed by atoms with E-state index in [-0.39, 0.29) is 5.09 Å². The molecule has 0 atom stereocenters. The summed E-state index contributed by atoms with van der Waals surface area (Å²) in [5, 5.41) is 0.405. The van der Waals surface area contributed by atoms with Gasteiger partial charge in [-0.25, -0.2) is 8.42 Å². The number of benzene rings is 1. The molecule has 6 heteroatoms. The average Bonchev–Trinajstić information content (AvgIpc) is 2.59. The Morgan fingerprint density at radius 1 is 1.33 bits per heavy atom. The number of halogens is 1. The Morgan fingerprint density at radius 2 is 2.07 bits per heavy atom. The molecule has 0 amide bonds. The lowest BCUT2D eigenvalue weighted by molar-refractivity contribution is 0.413. The van der Waals surface area contributed by atoms with E-state index in [0.717, 1.165) is 0 Å². The molecular formula is C9H7ClO4S. The molecule has 1 aromatic heterocycles. The molecule has 2 aromatic rings. The predicted molar refractivity (Wildman–Crippen MR) is 55.8 cm³/mol. The van der Waals surface area contributed by atoms with Gasteiger partial charge in [0.05, 0.1) is 7.11 Å². The normalized spacial score (nSPS) is 11.9. The number of hydrogen-bond acceptors (Lipinski definition) is 4. The smallest absolute Gasteiger partial charge is 0.294 e. The largest absolute Gasteiger partial charge is 0.497 e. The first kappa shape index (κ1) is 10.3. The zero-order valence-corrected chi connectivity index (χ0v) is 9.30. The predicted octanol–water partition coefficient (Wildman–Crippen LogP) is 2.37. The van der Waals surface area contributed by atoms with Crippen LogP contribution >= 0.6 is 10.7 Å². The van der Waals surface area contributed by atoms with Crippen LogP contribution in [0.4, 0.5) is 0 Å². The molecule has 80 valence electrons. The maximum Gasteiger partial charge on any atom is 0.294 e. The highest BCUT2D eigenvalue weighted by Gasteiger charge is 2.16. The van der Waals surface area contributed by atoms with Crippen molar-refractivity contribution in [1.29, 1.82) is 0 Å². The Hall–Kier alpha value is -1.20. The van der Waals surface area contributed by atoms with Crippen molar-refractivity contribution < 1.29 is 17.6 Å². The number of hydrogen-bond donors (Lipinski definition) is 0. The molecule has 1 aromatic carbocycles. The lowest BCUT2D eigenvalue weighted by Crippen LogP contribution is -1.84. The second kappa shape index (κ2) is 3.43. The van der Waals surface area contributed by atoms with Crippen LogP contribution in [0.1, 0.15) is 0 Å².